The van der Waals surface area contributed by atoms with Gasteiger partial charge in [-0.15, -0.1) is 0 Å². The van der Waals surface area contributed by atoms with Crippen molar-refractivity contribution < 1.29 is 9.53 Å². The Morgan fingerprint density at radius 3 is 2.75 bits per heavy atom. The van der Waals surface area contributed by atoms with E-state index in [4.69, 9.17) is 16.3 Å². The maximum Gasteiger partial charge on any atom is 0.172 e. The molecule has 0 heterocycles. The van der Waals surface area contributed by atoms with Crippen molar-refractivity contribution in [3.05, 3.63) is 28.8 Å². The predicted molar refractivity (Wildman–Crippen MR) is 69.9 cm³/mol. The normalized spacial score (nSPS) is 10.6. The Kier molecular flexibility index (Phi) is 5.16. The van der Waals surface area contributed by atoms with Gasteiger partial charge < -0.3 is 4.74 Å². The van der Waals surface area contributed by atoms with Crippen LogP contribution in [0, 0.1) is 0 Å². The summed E-state index contributed by atoms with van der Waals surface area (Å²) < 4.78 is 5.07. The first kappa shape index (κ1) is 13.4. The van der Waals surface area contributed by atoms with E-state index in [0.29, 0.717) is 27.3 Å². The largest absolute Gasteiger partial charge is 0.495 e. The average Bonchev–Trinajstić information content (AvgIpc) is 2.26. The zero-order chi connectivity index (χ0) is 12.1. The van der Waals surface area contributed by atoms with Crippen molar-refractivity contribution in [1.82, 2.24) is 0 Å². The second-order valence-corrected chi connectivity index (χ2v) is 5.60. The van der Waals surface area contributed by atoms with Gasteiger partial charge in [-0.2, -0.15) is 11.8 Å². The van der Waals surface area contributed by atoms with Crippen molar-refractivity contribution in [1.29, 1.82) is 0 Å². The molecule has 0 aliphatic carbocycles. The maximum absolute atomic E-state index is 11.8. The summed E-state index contributed by atoms with van der Waals surface area (Å²) in [6.07, 6.45) is 0. The summed E-state index contributed by atoms with van der Waals surface area (Å²) in [5.41, 5.74) is 0.648. The van der Waals surface area contributed by atoms with Crippen LogP contribution in [0.15, 0.2) is 18.2 Å². The third-order valence-corrected chi connectivity index (χ3v) is 3.43. The molecule has 0 unspecified atom stereocenters. The average molecular weight is 259 g/mol. The van der Waals surface area contributed by atoms with E-state index in [9.17, 15) is 4.79 Å². The van der Waals surface area contributed by atoms with Crippen LogP contribution in [0.5, 0.6) is 5.75 Å². The van der Waals surface area contributed by atoms with E-state index in [2.05, 4.69) is 13.8 Å². The molecular weight excluding hydrogens is 244 g/mol. The van der Waals surface area contributed by atoms with E-state index in [1.54, 1.807) is 37.1 Å². The second-order valence-electron chi connectivity index (χ2n) is 3.63. The Balaban J connectivity index is 2.76. The van der Waals surface area contributed by atoms with Crippen LogP contribution >= 0.6 is 23.4 Å². The van der Waals surface area contributed by atoms with Crippen molar-refractivity contribution in [2.24, 2.45) is 0 Å². The number of benzene rings is 1. The topological polar surface area (TPSA) is 26.3 Å². The summed E-state index contributed by atoms with van der Waals surface area (Å²) in [5, 5.41) is 0.980. The fourth-order valence-electron chi connectivity index (χ4n) is 1.16. The number of hydrogen-bond donors (Lipinski definition) is 0. The number of ketones is 1. The summed E-state index contributed by atoms with van der Waals surface area (Å²) in [5.74, 6) is 1.14. The summed E-state index contributed by atoms with van der Waals surface area (Å²) >= 11 is 7.52. The molecule has 4 heteroatoms. The number of hydrogen-bond acceptors (Lipinski definition) is 3. The summed E-state index contributed by atoms with van der Waals surface area (Å²) in [4.78, 5) is 11.8. The smallest absolute Gasteiger partial charge is 0.172 e. The molecule has 0 radical (unpaired) electrons. The van der Waals surface area contributed by atoms with Crippen molar-refractivity contribution in [2.45, 2.75) is 19.1 Å². The van der Waals surface area contributed by atoms with E-state index < -0.39 is 0 Å². The van der Waals surface area contributed by atoms with Crippen molar-refractivity contribution in [3.8, 4) is 5.75 Å². The molecule has 0 spiro atoms. The van der Waals surface area contributed by atoms with Crippen LogP contribution in [0.4, 0.5) is 0 Å². The molecule has 0 saturated carbocycles. The molecular formula is C12H15ClO2S. The van der Waals surface area contributed by atoms with Crippen LogP contribution in [-0.4, -0.2) is 23.9 Å². The first-order valence-corrected chi connectivity index (χ1v) is 6.45. The van der Waals surface area contributed by atoms with Gasteiger partial charge >= 0.3 is 0 Å². The lowest BCUT2D eigenvalue weighted by Crippen LogP contribution is -2.05. The third-order valence-electron chi connectivity index (χ3n) is 2.02. The van der Waals surface area contributed by atoms with Gasteiger partial charge in [-0.3, -0.25) is 4.79 Å². The number of carbonyl (C=O) groups excluding carboxylic acids is 1. The van der Waals surface area contributed by atoms with Crippen molar-refractivity contribution in [2.75, 3.05) is 12.9 Å². The minimum absolute atomic E-state index is 0.105. The molecule has 0 fully saturated rings. The van der Waals surface area contributed by atoms with E-state index >= 15 is 0 Å². The van der Waals surface area contributed by atoms with E-state index in [1.807, 2.05) is 0 Å². The third kappa shape index (κ3) is 3.72. The summed E-state index contributed by atoms with van der Waals surface area (Å²) in [6.45, 7) is 4.14. The SMILES string of the molecule is COc1cc(C(=O)CSC(C)C)ccc1Cl. The zero-order valence-electron chi connectivity index (χ0n) is 9.62. The van der Waals surface area contributed by atoms with Crippen LogP contribution in [0.2, 0.25) is 5.02 Å². The Morgan fingerprint density at radius 1 is 1.50 bits per heavy atom. The molecule has 0 amide bonds. The quantitative estimate of drug-likeness (QED) is 0.754. The number of thioether (sulfide) groups is 1. The van der Waals surface area contributed by atoms with Crippen LogP contribution in [0.3, 0.4) is 0 Å². The minimum atomic E-state index is 0.105. The fourth-order valence-corrected chi connectivity index (χ4v) is 2.00. The second kappa shape index (κ2) is 6.16. The molecule has 0 N–H and O–H groups in total. The van der Waals surface area contributed by atoms with E-state index in [0.717, 1.165) is 0 Å². The first-order valence-electron chi connectivity index (χ1n) is 5.03. The predicted octanol–water partition coefficient (Wildman–Crippen LogP) is 3.67. The molecule has 1 aromatic carbocycles. The van der Waals surface area contributed by atoms with Crippen LogP contribution in [0.1, 0.15) is 24.2 Å². The number of carbonyl (C=O) groups is 1. The Hall–Kier alpha value is -0.670. The molecule has 0 atom stereocenters. The highest BCUT2D eigenvalue weighted by molar-refractivity contribution is 8.00. The lowest BCUT2D eigenvalue weighted by molar-refractivity contribution is 0.102. The standard InChI is InChI=1S/C12H15ClO2S/c1-8(2)16-7-11(14)9-4-5-10(13)12(6-9)15-3/h4-6,8H,7H2,1-3H3. The Labute approximate surface area is 105 Å². The first-order chi connectivity index (χ1) is 7.54. The van der Waals surface area contributed by atoms with Crippen LogP contribution < -0.4 is 4.74 Å². The molecule has 1 aromatic rings. The molecule has 0 aromatic heterocycles. The van der Waals surface area contributed by atoms with Gasteiger partial charge in [0.2, 0.25) is 0 Å². The molecule has 0 saturated heterocycles. The number of Topliss-reactive ketones (excluding diaryl/α,β-unsaturated/α-hetero) is 1. The summed E-state index contributed by atoms with van der Waals surface area (Å²) in [6, 6.07) is 5.10. The highest BCUT2D eigenvalue weighted by Gasteiger charge is 2.10. The van der Waals surface area contributed by atoms with Gasteiger partial charge in [0.15, 0.2) is 5.78 Å². The Morgan fingerprint density at radius 2 is 2.19 bits per heavy atom. The number of rotatable bonds is 5. The fraction of sp³-hybridized carbons (Fsp3) is 0.417. The van der Waals surface area contributed by atoms with Crippen molar-refractivity contribution >= 4 is 29.1 Å². The molecule has 88 valence electrons. The zero-order valence-corrected chi connectivity index (χ0v) is 11.2. The number of halogens is 1. The van der Waals surface area contributed by atoms with Gasteiger partial charge in [0, 0.05) is 5.56 Å². The summed E-state index contributed by atoms with van der Waals surface area (Å²) in [7, 11) is 1.54. The van der Waals surface area contributed by atoms with E-state index in [1.165, 1.54) is 0 Å². The number of ether oxygens (including phenoxy) is 1. The van der Waals surface area contributed by atoms with Gasteiger partial charge in [-0.05, 0) is 23.4 Å². The Bertz CT molecular complexity index is 377. The van der Waals surface area contributed by atoms with Gasteiger partial charge in [0.1, 0.15) is 5.75 Å². The van der Waals surface area contributed by atoms with Gasteiger partial charge in [-0.1, -0.05) is 25.4 Å². The molecule has 0 aliphatic rings. The van der Waals surface area contributed by atoms with Crippen molar-refractivity contribution in [3.63, 3.8) is 0 Å². The molecule has 0 bridgehead atoms. The molecule has 0 aliphatic heterocycles. The molecule has 1 rings (SSSR count). The minimum Gasteiger partial charge on any atom is -0.495 e. The monoisotopic (exact) mass is 258 g/mol. The molecule has 16 heavy (non-hydrogen) atoms. The maximum atomic E-state index is 11.8. The van der Waals surface area contributed by atoms with Crippen LogP contribution in [0.25, 0.3) is 0 Å². The molecule has 2 nitrogen and oxygen atoms in total. The van der Waals surface area contributed by atoms with Gasteiger partial charge in [0.05, 0.1) is 17.9 Å². The lowest BCUT2D eigenvalue weighted by atomic mass is 10.1. The van der Waals surface area contributed by atoms with Gasteiger partial charge in [0.25, 0.3) is 0 Å². The van der Waals surface area contributed by atoms with Gasteiger partial charge in [-0.25, -0.2) is 0 Å². The highest BCUT2D eigenvalue weighted by atomic mass is 35.5. The van der Waals surface area contributed by atoms with E-state index in [-0.39, 0.29) is 5.78 Å². The highest BCUT2D eigenvalue weighted by Crippen LogP contribution is 2.25. The number of methoxy groups -OCH3 is 1. The van der Waals surface area contributed by atoms with Crippen LogP contribution in [-0.2, 0) is 0 Å². The lowest BCUT2D eigenvalue weighted by Gasteiger charge is -2.07.